The summed E-state index contributed by atoms with van der Waals surface area (Å²) in [5.74, 6) is 0.401. The third-order valence-electron chi connectivity index (χ3n) is 3.57. The lowest BCUT2D eigenvalue weighted by molar-refractivity contribution is -0.143. The lowest BCUT2D eigenvalue weighted by Gasteiger charge is -2.17. The van der Waals surface area contributed by atoms with Crippen LogP contribution >= 0.6 is 0 Å². The molecule has 120 valence electrons. The van der Waals surface area contributed by atoms with E-state index < -0.39 is 0 Å². The summed E-state index contributed by atoms with van der Waals surface area (Å²) in [4.78, 5) is 20.6. The Labute approximate surface area is 131 Å². The Hall–Kier alpha value is -1.91. The molecule has 0 spiro atoms. The van der Waals surface area contributed by atoms with Gasteiger partial charge in [0.05, 0.1) is 24.6 Å². The van der Waals surface area contributed by atoms with Crippen molar-refractivity contribution in [3.63, 3.8) is 0 Å². The zero-order valence-corrected chi connectivity index (χ0v) is 13.3. The first-order valence-electron chi connectivity index (χ1n) is 8.02. The number of rotatable bonds is 8. The van der Waals surface area contributed by atoms with Crippen molar-refractivity contribution in [2.24, 2.45) is 0 Å². The van der Waals surface area contributed by atoms with Gasteiger partial charge >= 0.3 is 5.97 Å². The van der Waals surface area contributed by atoms with Crippen LogP contribution in [0.5, 0.6) is 5.88 Å². The van der Waals surface area contributed by atoms with E-state index in [1.165, 1.54) is 6.42 Å². The van der Waals surface area contributed by atoms with Crippen molar-refractivity contribution < 1.29 is 14.3 Å². The minimum Gasteiger partial charge on any atom is -0.476 e. The molecule has 5 heteroatoms. The minimum absolute atomic E-state index is 0.186. The number of hydrogen-bond acceptors (Lipinski definition) is 5. The minimum atomic E-state index is -0.186. The van der Waals surface area contributed by atoms with Gasteiger partial charge in [0.25, 0.3) is 0 Å². The number of carbonyl (C=O) groups is 1. The van der Waals surface area contributed by atoms with Crippen molar-refractivity contribution in [1.29, 1.82) is 0 Å². The van der Waals surface area contributed by atoms with Crippen molar-refractivity contribution >= 4 is 5.97 Å². The van der Waals surface area contributed by atoms with Crippen LogP contribution in [-0.4, -0.2) is 29.2 Å². The number of aromatic nitrogens is 2. The maximum absolute atomic E-state index is 11.3. The summed E-state index contributed by atoms with van der Waals surface area (Å²) >= 11 is 0. The van der Waals surface area contributed by atoms with Crippen LogP contribution in [0.4, 0.5) is 0 Å². The number of hydrogen-bond donors (Lipinski definition) is 0. The molecule has 1 aliphatic carbocycles. The highest BCUT2D eigenvalue weighted by molar-refractivity contribution is 5.69. The number of ether oxygens (including phenoxy) is 2. The summed E-state index contributed by atoms with van der Waals surface area (Å²) < 4.78 is 10.7. The van der Waals surface area contributed by atoms with Crippen molar-refractivity contribution in [1.82, 2.24) is 9.97 Å². The average Bonchev–Trinajstić information content (AvgIpc) is 2.52. The second-order valence-corrected chi connectivity index (χ2v) is 5.33. The van der Waals surface area contributed by atoms with E-state index in [9.17, 15) is 4.79 Å². The highest BCUT2D eigenvalue weighted by Gasteiger charge is 2.17. The molecule has 1 aliphatic rings. The fraction of sp³-hybridized carbons (Fsp3) is 0.588. The second-order valence-electron chi connectivity index (χ2n) is 5.33. The normalized spacial score (nSPS) is 13.3. The van der Waals surface area contributed by atoms with Gasteiger partial charge in [-0.15, -0.1) is 6.58 Å². The first-order chi connectivity index (χ1) is 10.7. The molecule has 0 radical (unpaired) electrons. The smallest absolute Gasteiger partial charge is 0.305 e. The third-order valence-corrected chi connectivity index (χ3v) is 3.57. The molecule has 0 bridgehead atoms. The molecule has 0 amide bonds. The summed E-state index contributed by atoms with van der Waals surface area (Å²) in [7, 11) is 0. The molecule has 1 aromatic rings. The van der Waals surface area contributed by atoms with E-state index in [1.807, 2.05) is 6.08 Å². The highest BCUT2D eigenvalue weighted by Crippen LogP contribution is 2.23. The zero-order valence-electron chi connectivity index (χ0n) is 13.3. The van der Waals surface area contributed by atoms with Crippen LogP contribution in [0.2, 0.25) is 0 Å². The predicted molar refractivity (Wildman–Crippen MR) is 83.9 cm³/mol. The average molecular weight is 304 g/mol. The number of esters is 1. The Morgan fingerprint density at radius 1 is 1.27 bits per heavy atom. The van der Waals surface area contributed by atoms with E-state index in [0.717, 1.165) is 36.3 Å². The van der Waals surface area contributed by atoms with E-state index in [2.05, 4.69) is 11.6 Å². The highest BCUT2D eigenvalue weighted by atomic mass is 16.5. The van der Waals surface area contributed by atoms with E-state index in [0.29, 0.717) is 38.4 Å². The quantitative estimate of drug-likeness (QED) is 0.420. The van der Waals surface area contributed by atoms with Crippen LogP contribution in [0.25, 0.3) is 0 Å². The lowest BCUT2D eigenvalue weighted by atomic mass is 10.0. The van der Waals surface area contributed by atoms with E-state index >= 15 is 0 Å². The fourth-order valence-electron chi connectivity index (χ4n) is 2.52. The predicted octanol–water partition coefficient (Wildman–Crippen LogP) is 2.81. The summed E-state index contributed by atoms with van der Waals surface area (Å²) in [5.41, 5.74) is 2.99. The second kappa shape index (κ2) is 8.51. The van der Waals surface area contributed by atoms with Crippen LogP contribution in [-0.2, 0) is 28.8 Å². The first-order valence-corrected chi connectivity index (χ1v) is 8.02. The van der Waals surface area contributed by atoms with Crippen molar-refractivity contribution in [3.8, 4) is 5.88 Å². The molecule has 22 heavy (non-hydrogen) atoms. The lowest BCUT2D eigenvalue weighted by Crippen LogP contribution is -2.13. The van der Waals surface area contributed by atoms with Gasteiger partial charge < -0.3 is 9.47 Å². The van der Waals surface area contributed by atoms with Gasteiger partial charge in [-0.1, -0.05) is 6.08 Å². The standard InChI is InChI=1S/C17H24N2O3/c1-3-8-15-17(22-12-7-11-16(20)21-4-2)19-14-10-6-5-9-13(14)18-15/h3H,1,4-12H2,2H3. The zero-order chi connectivity index (χ0) is 15.8. The molecular formula is C17H24N2O3. The van der Waals surface area contributed by atoms with E-state index in [1.54, 1.807) is 6.92 Å². The molecule has 0 fully saturated rings. The van der Waals surface area contributed by atoms with Crippen molar-refractivity contribution in [3.05, 3.63) is 29.7 Å². The van der Waals surface area contributed by atoms with Crippen LogP contribution in [0.15, 0.2) is 12.7 Å². The Kier molecular flexibility index (Phi) is 6.37. The van der Waals surface area contributed by atoms with Gasteiger partial charge in [0.15, 0.2) is 0 Å². The van der Waals surface area contributed by atoms with Crippen molar-refractivity contribution in [2.75, 3.05) is 13.2 Å². The molecule has 1 heterocycles. The van der Waals surface area contributed by atoms with Gasteiger partial charge in [-0.3, -0.25) is 4.79 Å². The molecule has 5 nitrogen and oxygen atoms in total. The summed E-state index contributed by atoms with van der Waals surface area (Å²) in [6.45, 7) is 6.43. The molecule has 0 aromatic carbocycles. The molecule has 2 rings (SSSR count). The van der Waals surface area contributed by atoms with Crippen LogP contribution in [0.3, 0.4) is 0 Å². The maximum atomic E-state index is 11.3. The molecule has 0 saturated carbocycles. The van der Waals surface area contributed by atoms with Gasteiger partial charge in [0, 0.05) is 12.8 Å². The number of fused-ring (bicyclic) bond motifs is 1. The van der Waals surface area contributed by atoms with Crippen LogP contribution in [0, 0.1) is 0 Å². The molecule has 0 atom stereocenters. The van der Waals surface area contributed by atoms with Gasteiger partial charge in [0.2, 0.25) is 5.88 Å². The Morgan fingerprint density at radius 3 is 2.68 bits per heavy atom. The number of aryl methyl sites for hydroxylation is 2. The van der Waals surface area contributed by atoms with E-state index in [-0.39, 0.29) is 5.97 Å². The molecule has 0 saturated heterocycles. The Morgan fingerprint density at radius 2 is 2.00 bits per heavy atom. The number of carbonyl (C=O) groups excluding carboxylic acids is 1. The monoisotopic (exact) mass is 304 g/mol. The molecular weight excluding hydrogens is 280 g/mol. The SMILES string of the molecule is C=CCc1nc2c(nc1OCCCC(=O)OCC)CCCC2. The Balaban J connectivity index is 1.96. The number of nitrogens with zero attached hydrogens (tertiary/aromatic N) is 2. The van der Waals surface area contributed by atoms with Crippen LogP contribution < -0.4 is 4.74 Å². The van der Waals surface area contributed by atoms with E-state index in [4.69, 9.17) is 14.5 Å². The largest absolute Gasteiger partial charge is 0.476 e. The Bertz CT molecular complexity index is 529. The first kappa shape index (κ1) is 16.5. The summed E-state index contributed by atoms with van der Waals surface area (Å²) in [6.07, 6.45) is 7.73. The molecule has 0 aliphatic heterocycles. The molecule has 0 unspecified atom stereocenters. The van der Waals surface area contributed by atoms with Crippen LogP contribution in [0.1, 0.15) is 49.7 Å². The maximum Gasteiger partial charge on any atom is 0.305 e. The summed E-state index contributed by atoms with van der Waals surface area (Å²) in [5, 5.41) is 0. The van der Waals surface area contributed by atoms with Gasteiger partial charge in [-0.05, 0) is 39.0 Å². The van der Waals surface area contributed by atoms with Gasteiger partial charge in [0.1, 0.15) is 5.69 Å². The summed E-state index contributed by atoms with van der Waals surface area (Å²) in [6, 6.07) is 0. The number of allylic oxidation sites excluding steroid dienone is 1. The van der Waals surface area contributed by atoms with Gasteiger partial charge in [-0.25, -0.2) is 9.97 Å². The molecule has 1 aromatic heterocycles. The topological polar surface area (TPSA) is 61.3 Å². The third kappa shape index (κ3) is 4.55. The fourth-order valence-corrected chi connectivity index (χ4v) is 2.52. The molecule has 0 N–H and O–H groups in total. The van der Waals surface area contributed by atoms with Gasteiger partial charge in [-0.2, -0.15) is 0 Å². The van der Waals surface area contributed by atoms with Crippen molar-refractivity contribution in [2.45, 2.75) is 51.9 Å².